The molecule has 0 amide bonds. The summed E-state index contributed by atoms with van der Waals surface area (Å²) in [6.07, 6.45) is 1.18. The lowest BCUT2D eigenvalue weighted by atomic mass is 9.54. The van der Waals surface area contributed by atoms with Crippen LogP contribution in [-0.2, 0) is 0 Å². The molecule has 1 rings (SSSR count). The third-order valence-electron chi connectivity index (χ3n) is 4.37. The third-order valence-corrected chi connectivity index (χ3v) is 4.37. The van der Waals surface area contributed by atoms with Gasteiger partial charge in [-0.2, -0.15) is 0 Å². The molecule has 0 aliphatic heterocycles. The quantitative estimate of drug-likeness (QED) is 0.625. The summed E-state index contributed by atoms with van der Waals surface area (Å²) in [5.41, 5.74) is 17.9. The lowest BCUT2D eigenvalue weighted by Crippen LogP contribution is -2.80. The molecule has 1 aliphatic carbocycles. The van der Waals surface area contributed by atoms with E-state index < -0.39 is 0 Å². The minimum atomic E-state index is -0.276. The Labute approximate surface area is 87.4 Å². The van der Waals surface area contributed by atoms with Crippen LogP contribution in [0.4, 0.5) is 0 Å². The van der Waals surface area contributed by atoms with Gasteiger partial charge in [-0.05, 0) is 24.7 Å². The van der Waals surface area contributed by atoms with Gasteiger partial charge in [0, 0.05) is 17.6 Å². The van der Waals surface area contributed by atoms with E-state index in [-0.39, 0.29) is 17.6 Å². The zero-order chi connectivity index (χ0) is 11.1. The maximum atomic E-state index is 6.19. The van der Waals surface area contributed by atoms with Gasteiger partial charge in [-0.15, -0.1) is 0 Å². The van der Waals surface area contributed by atoms with Crippen molar-refractivity contribution in [3.05, 3.63) is 0 Å². The van der Waals surface area contributed by atoms with Crippen molar-refractivity contribution in [2.75, 3.05) is 0 Å². The molecule has 14 heavy (non-hydrogen) atoms. The molecule has 84 valence electrons. The van der Waals surface area contributed by atoms with Crippen LogP contribution >= 0.6 is 0 Å². The molecule has 0 bridgehead atoms. The van der Waals surface area contributed by atoms with Gasteiger partial charge in [-0.25, -0.2) is 0 Å². The average Bonchev–Trinajstić information content (AvgIpc) is 2.15. The normalized spacial score (nSPS) is 46.9. The van der Waals surface area contributed by atoms with Gasteiger partial charge in [0.25, 0.3) is 0 Å². The minimum Gasteiger partial charge on any atom is -0.326 e. The van der Waals surface area contributed by atoms with Gasteiger partial charge < -0.3 is 17.2 Å². The molecule has 0 aromatic rings. The number of hydrogen-bond acceptors (Lipinski definition) is 3. The Morgan fingerprint density at radius 1 is 1.29 bits per heavy atom. The summed E-state index contributed by atoms with van der Waals surface area (Å²) in [4.78, 5) is 0. The third kappa shape index (κ3) is 1.58. The predicted octanol–water partition coefficient (Wildman–Crippen LogP) is 0.670. The summed E-state index contributed by atoms with van der Waals surface area (Å²) >= 11 is 0. The molecule has 0 aromatic carbocycles. The van der Waals surface area contributed by atoms with E-state index in [4.69, 9.17) is 17.2 Å². The highest BCUT2D eigenvalue weighted by molar-refractivity contribution is 5.17. The Kier molecular flexibility index (Phi) is 3.24. The van der Waals surface area contributed by atoms with Gasteiger partial charge in [-0.1, -0.05) is 27.2 Å². The first-order valence-electron chi connectivity index (χ1n) is 5.64. The zero-order valence-electron chi connectivity index (χ0n) is 9.83. The molecule has 6 unspecified atom stereocenters. The van der Waals surface area contributed by atoms with Crippen molar-refractivity contribution in [1.29, 1.82) is 0 Å². The average molecular weight is 199 g/mol. The van der Waals surface area contributed by atoms with Gasteiger partial charge in [-0.3, -0.25) is 0 Å². The Hall–Kier alpha value is -0.120. The molecule has 0 saturated heterocycles. The molecule has 1 saturated carbocycles. The summed E-state index contributed by atoms with van der Waals surface area (Å²) in [7, 11) is 0. The van der Waals surface area contributed by atoms with Crippen LogP contribution in [0.15, 0.2) is 0 Å². The Bertz CT molecular complexity index is 203. The molecule has 1 fully saturated rings. The number of rotatable bonds is 3. The van der Waals surface area contributed by atoms with E-state index in [1.807, 2.05) is 6.92 Å². The Morgan fingerprint density at radius 3 is 2.14 bits per heavy atom. The lowest BCUT2D eigenvalue weighted by molar-refractivity contribution is 0.0113. The second-order valence-corrected chi connectivity index (χ2v) is 5.24. The van der Waals surface area contributed by atoms with Gasteiger partial charge in [0.2, 0.25) is 0 Å². The van der Waals surface area contributed by atoms with Gasteiger partial charge >= 0.3 is 0 Å². The first kappa shape index (κ1) is 12.0. The highest BCUT2D eigenvalue weighted by Crippen LogP contribution is 2.42. The van der Waals surface area contributed by atoms with Crippen LogP contribution < -0.4 is 17.2 Å². The molecule has 3 heteroatoms. The van der Waals surface area contributed by atoms with E-state index in [2.05, 4.69) is 20.8 Å². The molecule has 3 nitrogen and oxygen atoms in total. The van der Waals surface area contributed by atoms with Crippen molar-refractivity contribution in [2.45, 2.75) is 51.7 Å². The second kappa shape index (κ2) is 3.80. The minimum absolute atomic E-state index is 0.0426. The molecule has 6 atom stereocenters. The molecule has 1 aliphatic rings. The van der Waals surface area contributed by atoms with E-state index in [0.29, 0.717) is 17.8 Å². The summed E-state index contributed by atoms with van der Waals surface area (Å²) in [6.45, 7) is 8.75. The SMILES string of the molecule is CCC(C)C(C)C1C(N)C(N)C1(C)N. The molecule has 6 N–H and O–H groups in total. The molecular formula is C11H25N3. The van der Waals surface area contributed by atoms with E-state index in [0.717, 1.165) is 0 Å². The fourth-order valence-corrected chi connectivity index (χ4v) is 2.80. The number of nitrogens with two attached hydrogens (primary N) is 3. The Balaban J connectivity index is 2.69. The highest BCUT2D eigenvalue weighted by atomic mass is 15.0. The van der Waals surface area contributed by atoms with Crippen LogP contribution in [0, 0.1) is 17.8 Å². The monoisotopic (exact) mass is 199 g/mol. The first-order valence-corrected chi connectivity index (χ1v) is 5.64. The lowest BCUT2D eigenvalue weighted by Gasteiger charge is -2.58. The molecule has 0 heterocycles. The smallest absolute Gasteiger partial charge is 0.0379 e. The molecular weight excluding hydrogens is 174 g/mol. The van der Waals surface area contributed by atoms with Gasteiger partial charge in [0.1, 0.15) is 0 Å². The van der Waals surface area contributed by atoms with Gasteiger partial charge in [0.15, 0.2) is 0 Å². The summed E-state index contributed by atoms with van der Waals surface area (Å²) in [5.74, 6) is 1.60. The standard InChI is InChI=1S/C11H25N3/c1-5-6(2)7(3)8-9(12)10(13)11(8,4)14/h6-10H,5,12-14H2,1-4H3. The van der Waals surface area contributed by atoms with Crippen molar-refractivity contribution in [1.82, 2.24) is 0 Å². The first-order chi connectivity index (χ1) is 6.34. The number of hydrogen-bond donors (Lipinski definition) is 3. The van der Waals surface area contributed by atoms with E-state index >= 15 is 0 Å². The predicted molar refractivity (Wildman–Crippen MR) is 60.7 cm³/mol. The highest BCUT2D eigenvalue weighted by Gasteiger charge is 2.55. The fraction of sp³-hybridized carbons (Fsp3) is 1.00. The zero-order valence-corrected chi connectivity index (χ0v) is 9.83. The maximum absolute atomic E-state index is 6.19. The van der Waals surface area contributed by atoms with Crippen LogP contribution in [0.5, 0.6) is 0 Å². The Morgan fingerprint density at radius 2 is 1.79 bits per heavy atom. The van der Waals surface area contributed by atoms with Crippen molar-refractivity contribution in [3.63, 3.8) is 0 Å². The van der Waals surface area contributed by atoms with Crippen molar-refractivity contribution in [2.24, 2.45) is 35.0 Å². The van der Waals surface area contributed by atoms with E-state index in [1.54, 1.807) is 0 Å². The van der Waals surface area contributed by atoms with Crippen molar-refractivity contribution >= 4 is 0 Å². The van der Waals surface area contributed by atoms with Crippen LogP contribution in [0.2, 0.25) is 0 Å². The largest absolute Gasteiger partial charge is 0.326 e. The van der Waals surface area contributed by atoms with Crippen LogP contribution in [0.1, 0.15) is 34.1 Å². The molecule has 0 aromatic heterocycles. The van der Waals surface area contributed by atoms with Crippen LogP contribution in [-0.4, -0.2) is 17.6 Å². The second-order valence-electron chi connectivity index (χ2n) is 5.24. The van der Waals surface area contributed by atoms with Crippen LogP contribution in [0.25, 0.3) is 0 Å². The van der Waals surface area contributed by atoms with Crippen molar-refractivity contribution in [3.8, 4) is 0 Å². The van der Waals surface area contributed by atoms with E-state index in [9.17, 15) is 0 Å². The summed E-state index contributed by atoms with van der Waals surface area (Å²) in [6, 6.07) is 0.0352. The van der Waals surface area contributed by atoms with Crippen LogP contribution in [0.3, 0.4) is 0 Å². The summed E-state index contributed by atoms with van der Waals surface area (Å²) < 4.78 is 0. The van der Waals surface area contributed by atoms with Gasteiger partial charge in [0.05, 0.1) is 0 Å². The fourth-order valence-electron chi connectivity index (χ4n) is 2.80. The van der Waals surface area contributed by atoms with E-state index in [1.165, 1.54) is 6.42 Å². The summed E-state index contributed by atoms with van der Waals surface area (Å²) in [5, 5.41) is 0. The molecule has 0 spiro atoms. The maximum Gasteiger partial charge on any atom is 0.0379 e. The topological polar surface area (TPSA) is 78.1 Å². The van der Waals surface area contributed by atoms with Crippen molar-refractivity contribution < 1.29 is 0 Å². The molecule has 0 radical (unpaired) electrons.